The number of rotatable bonds is 0. The van der Waals surface area contributed by atoms with Gasteiger partial charge in [0.2, 0.25) is 16.9 Å². The van der Waals surface area contributed by atoms with Gasteiger partial charge in [0.15, 0.2) is 11.8 Å². The van der Waals surface area contributed by atoms with E-state index in [4.69, 9.17) is 19.7 Å². The average Bonchev–Trinajstić information content (AvgIpc) is 2.81. The number of fused-ring (bicyclic) bond motifs is 6. The van der Waals surface area contributed by atoms with Crippen LogP contribution in [-0.4, -0.2) is 29.9 Å². The molecule has 3 heterocycles. The molecule has 0 atom stereocenters. The van der Waals surface area contributed by atoms with Crippen molar-refractivity contribution in [3.63, 3.8) is 0 Å². The van der Waals surface area contributed by atoms with E-state index in [0.717, 1.165) is 0 Å². The Morgan fingerprint density at radius 2 is 1.07 bits per heavy atom. The maximum Gasteiger partial charge on any atom is 0.326 e. The third kappa shape index (κ3) is 2.27. The van der Waals surface area contributed by atoms with Crippen LogP contribution in [0.1, 0.15) is 17.3 Å². The molecule has 0 aliphatic rings. The van der Waals surface area contributed by atoms with Crippen LogP contribution in [0.2, 0.25) is 0 Å². The molecule has 4 rings (SSSR count). The third-order valence-corrected chi connectivity index (χ3v) is 3.98. The molecule has 0 aliphatic carbocycles. The first-order valence-corrected chi connectivity index (χ1v) is 7.70. The van der Waals surface area contributed by atoms with Gasteiger partial charge in [-0.25, -0.2) is 9.97 Å². The lowest BCUT2D eigenvalue weighted by atomic mass is 10.1. The fourth-order valence-electron chi connectivity index (χ4n) is 2.87. The van der Waals surface area contributed by atoms with Crippen molar-refractivity contribution in [3.05, 3.63) is 51.6 Å². The molecule has 0 fully saturated rings. The van der Waals surface area contributed by atoms with E-state index in [9.17, 15) is 15.8 Å². The highest BCUT2D eigenvalue weighted by Crippen LogP contribution is 2.39. The molecule has 0 unspecified atom stereocenters. The van der Waals surface area contributed by atoms with Crippen LogP contribution in [0.3, 0.4) is 0 Å². The summed E-state index contributed by atoms with van der Waals surface area (Å²) in [6.07, 6.45) is 0. The number of nitriles is 3. The standard InChI is InChI=1S/C18N12/c1-22-16-11-12(26-9(6-21)28-16)10-7(4-19)25-8(5-20)27-13(10)15-14(11)29-17(23-2)18(24-3)30-15. The maximum absolute atomic E-state index is 9.58. The van der Waals surface area contributed by atoms with Crippen molar-refractivity contribution in [1.82, 2.24) is 29.9 Å². The molecule has 3 aromatic heterocycles. The first-order chi connectivity index (χ1) is 14.6. The molecule has 132 valence electrons. The zero-order valence-electron chi connectivity index (χ0n) is 14.4. The second kappa shape index (κ2) is 6.41. The summed E-state index contributed by atoms with van der Waals surface area (Å²) in [6, 6.07) is 5.33. The Morgan fingerprint density at radius 3 is 1.63 bits per heavy atom. The molecular weight excluding hydrogens is 384 g/mol. The van der Waals surface area contributed by atoms with E-state index in [1.807, 2.05) is 6.07 Å². The second-order valence-corrected chi connectivity index (χ2v) is 5.45. The molecule has 12 nitrogen and oxygen atoms in total. The lowest BCUT2D eigenvalue weighted by molar-refractivity contribution is 1.13. The highest BCUT2D eigenvalue weighted by molar-refractivity contribution is 6.24. The zero-order chi connectivity index (χ0) is 21.4. The maximum atomic E-state index is 9.58. The van der Waals surface area contributed by atoms with Crippen molar-refractivity contribution in [3.8, 4) is 18.2 Å². The SMILES string of the molecule is [C-]#[N+]c1nc2c3nc(C#N)nc(C#N)c3c3nc(C#N)nc([N+]#[C-])c3c2nc1[N+]#[C-]. The first-order valence-electron chi connectivity index (χ1n) is 7.70. The van der Waals surface area contributed by atoms with Crippen molar-refractivity contribution < 1.29 is 0 Å². The van der Waals surface area contributed by atoms with Gasteiger partial charge in [-0.2, -0.15) is 20.8 Å². The molecular formula is C18N12. The smallest absolute Gasteiger partial charge is 0.326 e. The number of hydrogen-bond donors (Lipinski definition) is 0. The fourth-order valence-corrected chi connectivity index (χ4v) is 2.87. The topological polar surface area (TPSA) is 162 Å². The minimum absolute atomic E-state index is 0.0159. The Bertz CT molecular complexity index is 1660. The summed E-state index contributed by atoms with van der Waals surface area (Å²) >= 11 is 0. The van der Waals surface area contributed by atoms with Gasteiger partial charge in [-0.3, -0.25) is 0 Å². The zero-order valence-corrected chi connectivity index (χ0v) is 14.4. The Hall–Kier alpha value is -5.82. The molecule has 0 saturated carbocycles. The molecule has 0 bridgehead atoms. The van der Waals surface area contributed by atoms with E-state index < -0.39 is 0 Å². The molecule has 0 radical (unpaired) electrons. The van der Waals surface area contributed by atoms with Crippen LogP contribution < -0.4 is 0 Å². The summed E-state index contributed by atoms with van der Waals surface area (Å²) in [5, 5.41) is 28.1. The minimum Gasteiger partial charge on any atom is -0.370 e. The van der Waals surface area contributed by atoms with Crippen LogP contribution in [0.25, 0.3) is 47.4 Å². The molecule has 0 amide bonds. The van der Waals surface area contributed by atoms with Crippen molar-refractivity contribution in [2.24, 2.45) is 0 Å². The van der Waals surface area contributed by atoms with Crippen molar-refractivity contribution >= 4 is 50.3 Å². The molecule has 1 aromatic carbocycles. The summed E-state index contributed by atoms with van der Waals surface area (Å²) < 4.78 is 0. The predicted octanol–water partition coefficient (Wildman–Crippen LogP) is 2.78. The molecule has 0 spiro atoms. The summed E-state index contributed by atoms with van der Waals surface area (Å²) in [6.45, 7) is 22.0. The van der Waals surface area contributed by atoms with Crippen LogP contribution in [-0.2, 0) is 0 Å². The first kappa shape index (κ1) is 17.6. The van der Waals surface area contributed by atoms with Gasteiger partial charge in [-0.1, -0.05) is 24.7 Å². The largest absolute Gasteiger partial charge is 0.370 e. The van der Waals surface area contributed by atoms with Gasteiger partial charge >= 0.3 is 5.82 Å². The van der Waals surface area contributed by atoms with Gasteiger partial charge in [0.05, 0.1) is 16.3 Å². The predicted molar refractivity (Wildman–Crippen MR) is 98.7 cm³/mol. The monoisotopic (exact) mass is 384 g/mol. The molecule has 0 aliphatic heterocycles. The van der Waals surface area contributed by atoms with E-state index in [1.54, 1.807) is 12.1 Å². The van der Waals surface area contributed by atoms with Gasteiger partial charge in [0.1, 0.15) is 17.7 Å². The van der Waals surface area contributed by atoms with Crippen LogP contribution in [0.4, 0.5) is 17.5 Å². The Labute approximate surface area is 166 Å². The van der Waals surface area contributed by atoms with E-state index in [1.165, 1.54) is 0 Å². The van der Waals surface area contributed by atoms with E-state index in [-0.39, 0.29) is 67.6 Å². The Morgan fingerprint density at radius 1 is 0.533 bits per heavy atom. The normalized spacial score (nSPS) is 9.80. The molecule has 0 saturated heterocycles. The number of nitrogens with zero attached hydrogens (tertiary/aromatic N) is 12. The molecule has 0 N–H and O–H groups in total. The van der Waals surface area contributed by atoms with Crippen molar-refractivity contribution in [1.29, 1.82) is 15.8 Å². The van der Waals surface area contributed by atoms with E-state index >= 15 is 0 Å². The van der Waals surface area contributed by atoms with Crippen molar-refractivity contribution in [2.45, 2.75) is 0 Å². The lowest BCUT2D eigenvalue weighted by Gasteiger charge is -2.07. The number of benzene rings is 1. The van der Waals surface area contributed by atoms with Gasteiger partial charge < -0.3 is 14.5 Å². The second-order valence-electron chi connectivity index (χ2n) is 5.45. The van der Waals surface area contributed by atoms with Crippen LogP contribution >= 0.6 is 0 Å². The minimum atomic E-state index is -0.335. The van der Waals surface area contributed by atoms with Crippen LogP contribution in [0.15, 0.2) is 0 Å². The summed E-state index contributed by atoms with van der Waals surface area (Å²) in [4.78, 5) is 33.9. The van der Waals surface area contributed by atoms with Crippen LogP contribution in [0, 0.1) is 53.7 Å². The van der Waals surface area contributed by atoms with Crippen LogP contribution in [0.5, 0.6) is 0 Å². The number of aromatic nitrogens is 6. The van der Waals surface area contributed by atoms with E-state index in [2.05, 4.69) is 44.4 Å². The number of hydrogen-bond acceptors (Lipinski definition) is 9. The fraction of sp³-hybridized carbons (Fsp3) is 0. The molecule has 4 aromatic rings. The Balaban J connectivity index is 2.50. The summed E-state index contributed by atoms with van der Waals surface area (Å²) in [7, 11) is 0. The van der Waals surface area contributed by atoms with Gasteiger partial charge in [0.25, 0.3) is 17.5 Å². The molecule has 30 heavy (non-hydrogen) atoms. The van der Waals surface area contributed by atoms with Gasteiger partial charge in [-0.05, 0) is 0 Å². The van der Waals surface area contributed by atoms with Crippen molar-refractivity contribution in [2.75, 3.05) is 0 Å². The highest BCUT2D eigenvalue weighted by atomic mass is 15.0. The lowest BCUT2D eigenvalue weighted by Crippen LogP contribution is -2.02. The molecule has 12 heteroatoms. The highest BCUT2D eigenvalue weighted by Gasteiger charge is 2.27. The van der Waals surface area contributed by atoms with Gasteiger partial charge in [-0.15, -0.1) is 9.97 Å². The summed E-state index contributed by atoms with van der Waals surface area (Å²) in [5.41, 5.74) is -0.310. The van der Waals surface area contributed by atoms with E-state index in [0.29, 0.717) is 0 Å². The average molecular weight is 384 g/mol. The quantitative estimate of drug-likeness (QED) is 0.327. The third-order valence-electron chi connectivity index (χ3n) is 3.98. The Kier molecular flexibility index (Phi) is 3.76. The summed E-state index contributed by atoms with van der Waals surface area (Å²) in [5.74, 6) is -1.54. The van der Waals surface area contributed by atoms with Gasteiger partial charge in [0, 0.05) is 0 Å².